The Morgan fingerprint density at radius 3 is 2.89 bits per heavy atom. The number of benzene rings is 1. The van der Waals surface area contributed by atoms with Gasteiger partial charge in [-0.05, 0) is 24.6 Å². The highest BCUT2D eigenvalue weighted by molar-refractivity contribution is 7.89. The fourth-order valence-corrected chi connectivity index (χ4v) is 2.93. The van der Waals surface area contributed by atoms with E-state index in [-0.39, 0.29) is 11.4 Å². The summed E-state index contributed by atoms with van der Waals surface area (Å²) < 4.78 is 28.3. The molecule has 0 bridgehead atoms. The number of aryl methyl sites for hydroxylation is 1. The van der Waals surface area contributed by atoms with E-state index in [0.29, 0.717) is 17.8 Å². The van der Waals surface area contributed by atoms with Gasteiger partial charge in [-0.3, -0.25) is 4.68 Å². The number of nitrogen functional groups attached to an aromatic ring is 1. The molecule has 2 aromatic rings. The molecule has 0 aliphatic heterocycles. The van der Waals surface area contributed by atoms with Crippen LogP contribution in [0.3, 0.4) is 0 Å². The van der Waals surface area contributed by atoms with Crippen molar-refractivity contribution >= 4 is 15.7 Å². The topological polar surface area (TPSA) is 103 Å². The molecule has 1 aromatic heterocycles. The fraction of sp³-hybridized carbons (Fsp3) is 0.273. The van der Waals surface area contributed by atoms with Crippen molar-refractivity contribution in [3.05, 3.63) is 36.2 Å². The second-order valence-electron chi connectivity index (χ2n) is 4.09. The number of anilines is 1. The van der Waals surface area contributed by atoms with Crippen molar-refractivity contribution in [3.8, 4) is 0 Å². The monoisotopic (exact) mass is 281 g/mol. The summed E-state index contributed by atoms with van der Waals surface area (Å²) in [5.41, 5.74) is 6.69. The van der Waals surface area contributed by atoms with Crippen molar-refractivity contribution in [2.24, 2.45) is 0 Å². The van der Waals surface area contributed by atoms with Gasteiger partial charge in [0.25, 0.3) is 0 Å². The van der Waals surface area contributed by atoms with Crippen LogP contribution in [0.25, 0.3) is 0 Å². The number of hydrogen-bond acceptors (Lipinski definition) is 5. The van der Waals surface area contributed by atoms with Crippen molar-refractivity contribution < 1.29 is 8.42 Å². The first-order chi connectivity index (χ1) is 8.99. The highest BCUT2D eigenvalue weighted by Gasteiger charge is 2.16. The van der Waals surface area contributed by atoms with Crippen LogP contribution in [0.1, 0.15) is 5.56 Å². The van der Waals surface area contributed by atoms with Crippen LogP contribution in [0.4, 0.5) is 5.69 Å². The van der Waals surface area contributed by atoms with E-state index in [4.69, 9.17) is 5.73 Å². The molecule has 0 amide bonds. The predicted octanol–water partition coefficient (Wildman–Crippen LogP) is 0.147. The molecule has 2 rings (SSSR count). The Morgan fingerprint density at radius 1 is 1.42 bits per heavy atom. The molecule has 1 aromatic carbocycles. The molecule has 0 saturated carbocycles. The van der Waals surface area contributed by atoms with Crippen molar-refractivity contribution in [3.63, 3.8) is 0 Å². The van der Waals surface area contributed by atoms with Gasteiger partial charge >= 0.3 is 0 Å². The van der Waals surface area contributed by atoms with Gasteiger partial charge in [0.05, 0.1) is 17.6 Å². The zero-order chi connectivity index (χ0) is 13.9. The maximum atomic E-state index is 12.1. The molecule has 0 spiro atoms. The SMILES string of the molecule is Cc1ccc(N)cc1S(=O)(=O)NCCn1ccnn1. The molecule has 1 heterocycles. The Labute approximate surface area is 111 Å². The Bertz CT molecular complexity index is 652. The molecule has 7 nitrogen and oxygen atoms in total. The molecule has 3 N–H and O–H groups in total. The molecular formula is C11H15N5O2S. The number of nitrogens with zero attached hydrogens (tertiary/aromatic N) is 3. The third-order valence-corrected chi connectivity index (χ3v) is 4.21. The summed E-state index contributed by atoms with van der Waals surface area (Å²) in [7, 11) is -3.56. The second-order valence-corrected chi connectivity index (χ2v) is 5.82. The van der Waals surface area contributed by atoms with Gasteiger partial charge in [0.2, 0.25) is 10.0 Å². The summed E-state index contributed by atoms with van der Waals surface area (Å²) in [6, 6.07) is 4.80. The molecule has 0 fully saturated rings. The zero-order valence-corrected chi connectivity index (χ0v) is 11.3. The normalized spacial score (nSPS) is 11.6. The minimum Gasteiger partial charge on any atom is -0.399 e. The van der Waals surface area contributed by atoms with Crippen molar-refractivity contribution in [1.82, 2.24) is 19.7 Å². The van der Waals surface area contributed by atoms with Crippen LogP contribution in [0.2, 0.25) is 0 Å². The highest BCUT2D eigenvalue weighted by Crippen LogP contribution is 2.17. The van der Waals surface area contributed by atoms with E-state index < -0.39 is 10.0 Å². The lowest BCUT2D eigenvalue weighted by Gasteiger charge is -2.09. The Balaban J connectivity index is 2.07. The number of nitrogens with two attached hydrogens (primary N) is 1. The van der Waals surface area contributed by atoms with Crippen LogP contribution < -0.4 is 10.5 Å². The minimum atomic E-state index is -3.56. The third-order valence-electron chi connectivity index (χ3n) is 2.61. The van der Waals surface area contributed by atoms with Crippen LogP contribution in [0, 0.1) is 6.92 Å². The number of rotatable bonds is 5. The average Bonchev–Trinajstić information content (AvgIpc) is 2.85. The molecule has 102 valence electrons. The molecule has 0 unspecified atom stereocenters. The summed E-state index contributed by atoms with van der Waals surface area (Å²) >= 11 is 0. The van der Waals surface area contributed by atoms with Gasteiger partial charge in [0.1, 0.15) is 0 Å². The molecule has 0 atom stereocenters. The number of sulfonamides is 1. The van der Waals surface area contributed by atoms with Crippen LogP contribution in [-0.4, -0.2) is 30.0 Å². The van der Waals surface area contributed by atoms with Gasteiger partial charge in [-0.15, -0.1) is 5.10 Å². The number of nitrogens with one attached hydrogen (secondary N) is 1. The summed E-state index contributed by atoms with van der Waals surface area (Å²) in [6.07, 6.45) is 3.20. The van der Waals surface area contributed by atoms with Gasteiger partial charge in [-0.1, -0.05) is 11.3 Å². The maximum Gasteiger partial charge on any atom is 0.240 e. The molecule has 0 saturated heterocycles. The number of aromatic nitrogens is 3. The fourth-order valence-electron chi connectivity index (χ4n) is 1.63. The Hall–Kier alpha value is -1.93. The predicted molar refractivity (Wildman–Crippen MR) is 70.8 cm³/mol. The smallest absolute Gasteiger partial charge is 0.240 e. The van der Waals surface area contributed by atoms with Crippen molar-refractivity contribution in [2.45, 2.75) is 18.4 Å². The summed E-state index contributed by atoms with van der Waals surface area (Å²) in [4.78, 5) is 0.200. The lowest BCUT2D eigenvalue weighted by molar-refractivity contribution is 0.552. The largest absolute Gasteiger partial charge is 0.399 e. The summed E-state index contributed by atoms with van der Waals surface area (Å²) in [6.45, 7) is 2.38. The zero-order valence-electron chi connectivity index (χ0n) is 10.4. The first-order valence-corrected chi connectivity index (χ1v) is 7.17. The third kappa shape index (κ3) is 3.30. The second kappa shape index (κ2) is 5.37. The van der Waals surface area contributed by atoms with E-state index in [2.05, 4.69) is 15.0 Å². The molecule has 0 radical (unpaired) electrons. The molecule has 0 aliphatic carbocycles. The Kier molecular flexibility index (Phi) is 3.82. The summed E-state index contributed by atoms with van der Waals surface area (Å²) in [5.74, 6) is 0. The lowest BCUT2D eigenvalue weighted by atomic mass is 10.2. The van der Waals surface area contributed by atoms with E-state index in [0.717, 1.165) is 0 Å². The van der Waals surface area contributed by atoms with E-state index in [1.54, 1.807) is 29.9 Å². The van der Waals surface area contributed by atoms with Crippen LogP contribution >= 0.6 is 0 Å². The maximum absolute atomic E-state index is 12.1. The van der Waals surface area contributed by atoms with Crippen LogP contribution in [0.15, 0.2) is 35.5 Å². The average molecular weight is 281 g/mol. The van der Waals surface area contributed by atoms with E-state index >= 15 is 0 Å². The highest BCUT2D eigenvalue weighted by atomic mass is 32.2. The van der Waals surface area contributed by atoms with Crippen molar-refractivity contribution in [1.29, 1.82) is 0 Å². The lowest BCUT2D eigenvalue weighted by Crippen LogP contribution is -2.28. The van der Waals surface area contributed by atoms with Crippen LogP contribution in [0.5, 0.6) is 0 Å². The first-order valence-electron chi connectivity index (χ1n) is 5.69. The van der Waals surface area contributed by atoms with Gasteiger partial charge in [-0.25, -0.2) is 13.1 Å². The van der Waals surface area contributed by atoms with Gasteiger partial charge in [0, 0.05) is 18.4 Å². The first kappa shape index (κ1) is 13.5. The molecule has 8 heteroatoms. The molecule has 19 heavy (non-hydrogen) atoms. The van der Waals surface area contributed by atoms with Gasteiger partial charge in [-0.2, -0.15) is 0 Å². The van der Waals surface area contributed by atoms with E-state index in [1.807, 2.05) is 0 Å². The van der Waals surface area contributed by atoms with Crippen LogP contribution in [-0.2, 0) is 16.6 Å². The van der Waals surface area contributed by atoms with Crippen molar-refractivity contribution in [2.75, 3.05) is 12.3 Å². The molecule has 0 aliphatic rings. The van der Waals surface area contributed by atoms with E-state index in [1.165, 1.54) is 12.3 Å². The Morgan fingerprint density at radius 2 is 2.21 bits per heavy atom. The van der Waals surface area contributed by atoms with Gasteiger partial charge < -0.3 is 5.73 Å². The number of hydrogen-bond donors (Lipinski definition) is 2. The molecular weight excluding hydrogens is 266 g/mol. The van der Waals surface area contributed by atoms with E-state index in [9.17, 15) is 8.42 Å². The van der Waals surface area contributed by atoms with Gasteiger partial charge in [0.15, 0.2) is 0 Å². The summed E-state index contributed by atoms with van der Waals surface area (Å²) in [5, 5.41) is 7.39. The quantitative estimate of drug-likeness (QED) is 0.759. The minimum absolute atomic E-state index is 0.200. The standard InChI is InChI=1S/C11H15N5O2S/c1-9-2-3-10(12)8-11(9)19(17,18)14-5-7-16-6-4-13-15-16/h2-4,6,8,14H,5,7,12H2,1H3.